The predicted octanol–water partition coefficient (Wildman–Crippen LogP) is 3.64. The van der Waals surface area contributed by atoms with E-state index in [1.54, 1.807) is 5.38 Å². The van der Waals surface area contributed by atoms with E-state index in [1.165, 1.54) is 11.3 Å². The highest BCUT2D eigenvalue weighted by molar-refractivity contribution is 7.13. The van der Waals surface area contributed by atoms with E-state index in [9.17, 15) is 4.79 Å². The van der Waals surface area contributed by atoms with Crippen LogP contribution in [-0.2, 0) is 9.53 Å². The molecule has 0 bridgehead atoms. The molecule has 1 rings (SSSR count). The maximum atomic E-state index is 12.1. The lowest BCUT2D eigenvalue weighted by atomic mass is 10.1. The molecule has 0 radical (unpaired) electrons. The normalized spacial score (nSPS) is 11.9. The molecule has 4 nitrogen and oxygen atoms in total. The summed E-state index contributed by atoms with van der Waals surface area (Å²) in [6.45, 7) is 5.82. The van der Waals surface area contributed by atoms with Gasteiger partial charge < -0.3 is 10.5 Å². The predicted molar refractivity (Wildman–Crippen MR) is 79.9 cm³/mol. The summed E-state index contributed by atoms with van der Waals surface area (Å²) < 4.78 is 5.25. The number of carbonyl (C=O) groups excluding carboxylic acids is 1. The van der Waals surface area contributed by atoms with Crippen LogP contribution < -0.4 is 5.73 Å². The van der Waals surface area contributed by atoms with Crippen molar-refractivity contribution in [3.05, 3.63) is 17.2 Å². The van der Waals surface area contributed by atoms with Crippen LogP contribution in [0.2, 0.25) is 0 Å². The number of ether oxygens (including phenoxy) is 1. The quantitative estimate of drug-likeness (QED) is 0.471. The Hall–Kier alpha value is -1.36. The van der Waals surface area contributed by atoms with Gasteiger partial charge >= 0.3 is 5.97 Å². The fraction of sp³-hybridized carbons (Fsp3) is 0.571. The summed E-state index contributed by atoms with van der Waals surface area (Å²) >= 11 is 1.33. The smallest absolute Gasteiger partial charge is 0.340 e. The van der Waals surface area contributed by atoms with E-state index in [2.05, 4.69) is 11.9 Å². The summed E-state index contributed by atoms with van der Waals surface area (Å²) in [5.41, 5.74) is 6.76. The van der Waals surface area contributed by atoms with Crippen molar-refractivity contribution in [3.63, 3.8) is 0 Å². The molecule has 1 aromatic rings. The van der Waals surface area contributed by atoms with E-state index in [0.717, 1.165) is 25.7 Å². The zero-order valence-corrected chi connectivity index (χ0v) is 12.6. The molecule has 0 saturated carbocycles. The molecule has 0 unspecified atom stereocenters. The molecule has 1 aromatic heterocycles. The van der Waals surface area contributed by atoms with Crippen LogP contribution in [0.25, 0.3) is 5.57 Å². The van der Waals surface area contributed by atoms with Gasteiger partial charge in [0.15, 0.2) is 5.13 Å². The Morgan fingerprint density at radius 3 is 2.79 bits per heavy atom. The van der Waals surface area contributed by atoms with Gasteiger partial charge in [0.25, 0.3) is 0 Å². The Kier molecular flexibility index (Phi) is 6.56. The van der Waals surface area contributed by atoms with Gasteiger partial charge in [-0.2, -0.15) is 0 Å². The van der Waals surface area contributed by atoms with E-state index < -0.39 is 0 Å². The number of rotatable bonds is 7. The minimum Gasteiger partial charge on any atom is -0.459 e. The number of carbonyl (C=O) groups is 1. The molecular formula is C14H22N2O2S. The molecule has 0 fully saturated rings. The van der Waals surface area contributed by atoms with E-state index in [4.69, 9.17) is 10.5 Å². The number of unbranched alkanes of at least 4 members (excludes halogenated alkanes) is 3. The standard InChI is InChI=1S/C14H22N2O2S/c1-4-5-6-7-8-11(13(17)18-10(2)3)12-9-19-14(15)16-12/h8-10H,4-7H2,1-3H3,(H2,15,16)/b11-8-. The van der Waals surface area contributed by atoms with Gasteiger partial charge in [-0.15, -0.1) is 11.3 Å². The van der Waals surface area contributed by atoms with Crippen molar-refractivity contribution in [2.24, 2.45) is 0 Å². The summed E-state index contributed by atoms with van der Waals surface area (Å²) in [4.78, 5) is 16.2. The van der Waals surface area contributed by atoms with Crippen molar-refractivity contribution in [1.82, 2.24) is 4.98 Å². The third-order valence-electron chi connectivity index (χ3n) is 2.52. The molecule has 19 heavy (non-hydrogen) atoms. The molecule has 106 valence electrons. The van der Waals surface area contributed by atoms with Crippen molar-refractivity contribution in [2.45, 2.75) is 52.6 Å². The average molecular weight is 282 g/mol. The molecular weight excluding hydrogens is 260 g/mol. The summed E-state index contributed by atoms with van der Waals surface area (Å²) in [6, 6.07) is 0. The molecule has 0 aliphatic rings. The van der Waals surface area contributed by atoms with Crippen molar-refractivity contribution >= 4 is 28.0 Å². The lowest BCUT2D eigenvalue weighted by Crippen LogP contribution is -2.13. The first-order valence-electron chi connectivity index (χ1n) is 6.67. The maximum Gasteiger partial charge on any atom is 0.340 e. The van der Waals surface area contributed by atoms with Gasteiger partial charge in [-0.05, 0) is 26.7 Å². The third-order valence-corrected chi connectivity index (χ3v) is 3.19. The molecule has 2 N–H and O–H groups in total. The van der Waals surface area contributed by atoms with Gasteiger partial charge in [-0.25, -0.2) is 9.78 Å². The lowest BCUT2D eigenvalue weighted by molar-refractivity contribution is -0.140. The van der Waals surface area contributed by atoms with Crippen molar-refractivity contribution in [1.29, 1.82) is 0 Å². The Bertz CT molecular complexity index is 438. The first-order chi connectivity index (χ1) is 9.04. The monoisotopic (exact) mass is 282 g/mol. The second-order valence-electron chi connectivity index (χ2n) is 4.64. The average Bonchev–Trinajstić information content (AvgIpc) is 2.74. The highest BCUT2D eigenvalue weighted by atomic mass is 32.1. The number of hydrogen-bond acceptors (Lipinski definition) is 5. The van der Waals surface area contributed by atoms with Crippen molar-refractivity contribution in [3.8, 4) is 0 Å². The summed E-state index contributed by atoms with van der Waals surface area (Å²) in [6.07, 6.45) is 6.01. The molecule has 0 aliphatic carbocycles. The first kappa shape index (κ1) is 15.7. The third kappa shape index (κ3) is 5.42. The largest absolute Gasteiger partial charge is 0.459 e. The highest BCUT2D eigenvalue weighted by Crippen LogP contribution is 2.22. The lowest BCUT2D eigenvalue weighted by Gasteiger charge is -2.09. The molecule has 0 atom stereocenters. The zero-order chi connectivity index (χ0) is 14.3. The van der Waals surface area contributed by atoms with E-state index in [1.807, 2.05) is 19.9 Å². The second kappa shape index (κ2) is 7.94. The van der Waals surface area contributed by atoms with E-state index in [0.29, 0.717) is 16.4 Å². The van der Waals surface area contributed by atoms with Crippen LogP contribution in [-0.4, -0.2) is 17.1 Å². The Labute approximate surface area is 118 Å². The first-order valence-corrected chi connectivity index (χ1v) is 7.55. The van der Waals surface area contributed by atoms with Crippen LogP contribution in [0.5, 0.6) is 0 Å². The zero-order valence-electron chi connectivity index (χ0n) is 11.8. The minimum atomic E-state index is -0.322. The molecule has 0 aromatic carbocycles. The number of thiazole rings is 1. The van der Waals surface area contributed by atoms with E-state index >= 15 is 0 Å². The maximum absolute atomic E-state index is 12.1. The van der Waals surface area contributed by atoms with Gasteiger partial charge in [-0.1, -0.05) is 25.8 Å². The summed E-state index contributed by atoms with van der Waals surface area (Å²) in [5.74, 6) is -0.322. The van der Waals surface area contributed by atoms with Crippen molar-refractivity contribution in [2.75, 3.05) is 5.73 Å². The van der Waals surface area contributed by atoms with Crippen LogP contribution in [0.4, 0.5) is 5.13 Å². The van der Waals surface area contributed by atoms with Crippen LogP contribution in [0, 0.1) is 0 Å². The SMILES string of the molecule is CCCCC/C=C(\C(=O)OC(C)C)c1csc(N)n1. The fourth-order valence-electron chi connectivity index (χ4n) is 1.62. The molecule has 0 amide bonds. The summed E-state index contributed by atoms with van der Waals surface area (Å²) in [5, 5.41) is 2.26. The number of hydrogen-bond donors (Lipinski definition) is 1. The minimum absolute atomic E-state index is 0.137. The fourth-order valence-corrected chi connectivity index (χ4v) is 2.19. The molecule has 1 heterocycles. The number of esters is 1. The summed E-state index contributed by atoms with van der Waals surface area (Å²) in [7, 11) is 0. The van der Waals surface area contributed by atoms with Crippen LogP contribution in [0.3, 0.4) is 0 Å². The van der Waals surface area contributed by atoms with E-state index in [-0.39, 0.29) is 12.1 Å². The number of allylic oxidation sites excluding steroid dienone is 1. The van der Waals surface area contributed by atoms with Gasteiger partial charge in [-0.3, -0.25) is 0 Å². The Morgan fingerprint density at radius 1 is 1.53 bits per heavy atom. The van der Waals surface area contributed by atoms with Crippen LogP contribution in [0.15, 0.2) is 11.5 Å². The van der Waals surface area contributed by atoms with Gasteiger partial charge in [0, 0.05) is 5.38 Å². The number of nitrogens with zero attached hydrogens (tertiary/aromatic N) is 1. The van der Waals surface area contributed by atoms with Crippen LogP contribution >= 0.6 is 11.3 Å². The topological polar surface area (TPSA) is 65.2 Å². The number of nitrogens with two attached hydrogens (primary N) is 1. The second-order valence-corrected chi connectivity index (χ2v) is 5.53. The molecule has 0 spiro atoms. The Balaban J connectivity index is 2.81. The molecule has 0 aliphatic heterocycles. The molecule has 0 saturated heterocycles. The van der Waals surface area contributed by atoms with Gasteiger partial charge in [0.1, 0.15) is 0 Å². The highest BCUT2D eigenvalue weighted by Gasteiger charge is 2.17. The number of nitrogen functional groups attached to an aromatic ring is 1. The Morgan fingerprint density at radius 2 is 2.26 bits per heavy atom. The van der Waals surface area contributed by atoms with Gasteiger partial charge in [0.05, 0.1) is 17.4 Å². The van der Waals surface area contributed by atoms with Crippen molar-refractivity contribution < 1.29 is 9.53 Å². The van der Waals surface area contributed by atoms with Gasteiger partial charge in [0.2, 0.25) is 0 Å². The number of aromatic nitrogens is 1. The number of anilines is 1. The van der Waals surface area contributed by atoms with Crippen LogP contribution in [0.1, 0.15) is 52.1 Å². The molecule has 5 heteroatoms.